The van der Waals surface area contributed by atoms with Crippen LogP contribution >= 0.6 is 0 Å². The van der Waals surface area contributed by atoms with Crippen LogP contribution in [0.2, 0.25) is 0 Å². The molecule has 0 saturated carbocycles. The fourth-order valence-electron chi connectivity index (χ4n) is 3.65. The van der Waals surface area contributed by atoms with Gasteiger partial charge < -0.3 is 9.80 Å². The number of carbonyl (C=O) groups is 2. The lowest BCUT2D eigenvalue weighted by atomic mass is 10.0. The van der Waals surface area contributed by atoms with E-state index in [-0.39, 0.29) is 11.8 Å². The summed E-state index contributed by atoms with van der Waals surface area (Å²) >= 11 is 0. The van der Waals surface area contributed by atoms with Crippen LogP contribution in [-0.2, 0) is 9.59 Å². The van der Waals surface area contributed by atoms with Gasteiger partial charge in [0.2, 0.25) is 11.8 Å². The third-order valence-corrected chi connectivity index (χ3v) is 5.52. The van der Waals surface area contributed by atoms with Crippen molar-refractivity contribution in [3.63, 3.8) is 0 Å². The Kier molecular flexibility index (Phi) is 6.67. The fraction of sp³-hybridized carbons (Fsp3) is 0.545. The Bertz CT molecular complexity index is 667. The minimum atomic E-state index is 0.0495. The maximum atomic E-state index is 12.4. The van der Waals surface area contributed by atoms with Gasteiger partial charge in [-0.2, -0.15) is 0 Å². The van der Waals surface area contributed by atoms with Crippen molar-refractivity contribution < 1.29 is 9.59 Å². The summed E-state index contributed by atoms with van der Waals surface area (Å²) in [6.07, 6.45) is 5.80. The second-order valence-corrected chi connectivity index (χ2v) is 7.84. The van der Waals surface area contributed by atoms with Gasteiger partial charge in [0.1, 0.15) is 0 Å². The van der Waals surface area contributed by atoms with E-state index in [1.807, 2.05) is 15.9 Å². The monoisotopic (exact) mass is 369 g/mol. The summed E-state index contributed by atoms with van der Waals surface area (Å²) in [5.41, 5.74) is 2.35. The van der Waals surface area contributed by atoms with Crippen LogP contribution in [-0.4, -0.2) is 72.3 Å². The first-order valence-corrected chi connectivity index (χ1v) is 10.1. The molecule has 2 heterocycles. The summed E-state index contributed by atoms with van der Waals surface area (Å²) in [6, 6.07) is 8.35. The van der Waals surface area contributed by atoms with E-state index in [1.54, 1.807) is 6.08 Å². The highest BCUT2D eigenvalue weighted by Crippen LogP contribution is 2.15. The molecule has 0 atom stereocenters. The van der Waals surface area contributed by atoms with E-state index in [1.165, 1.54) is 5.56 Å². The third-order valence-electron chi connectivity index (χ3n) is 5.52. The van der Waals surface area contributed by atoms with E-state index in [0.29, 0.717) is 25.6 Å². The van der Waals surface area contributed by atoms with Crippen molar-refractivity contribution in [1.29, 1.82) is 0 Å². The van der Waals surface area contributed by atoms with Gasteiger partial charge in [0.15, 0.2) is 0 Å². The number of piperazine rings is 1. The number of likely N-dealkylation sites (tertiary alicyclic amines) is 1. The van der Waals surface area contributed by atoms with Crippen molar-refractivity contribution in [3.05, 3.63) is 41.5 Å². The SMILES string of the molecule is CC(C)c1ccc(C=CC(=O)N2CCN(CC(=O)N3CCCC3)CC2)cc1. The first-order valence-electron chi connectivity index (χ1n) is 10.1. The first-order chi connectivity index (χ1) is 13.0. The molecule has 2 aliphatic rings. The normalized spacial score (nSPS) is 18.6. The largest absolute Gasteiger partial charge is 0.342 e. The van der Waals surface area contributed by atoms with E-state index in [9.17, 15) is 9.59 Å². The molecule has 1 aromatic rings. The van der Waals surface area contributed by atoms with Gasteiger partial charge in [-0.25, -0.2) is 0 Å². The maximum Gasteiger partial charge on any atom is 0.246 e. The molecule has 0 spiro atoms. The van der Waals surface area contributed by atoms with Gasteiger partial charge in [0.05, 0.1) is 6.54 Å². The van der Waals surface area contributed by atoms with Crippen molar-refractivity contribution in [2.24, 2.45) is 0 Å². The Morgan fingerprint density at radius 3 is 2.15 bits per heavy atom. The second-order valence-electron chi connectivity index (χ2n) is 7.84. The van der Waals surface area contributed by atoms with E-state index in [4.69, 9.17) is 0 Å². The molecule has 2 amide bonds. The highest BCUT2D eigenvalue weighted by atomic mass is 16.2. The Hall–Kier alpha value is -2.14. The summed E-state index contributed by atoms with van der Waals surface area (Å²) in [6.45, 7) is 9.54. The molecule has 27 heavy (non-hydrogen) atoms. The molecular weight excluding hydrogens is 338 g/mol. The third kappa shape index (κ3) is 5.42. The van der Waals surface area contributed by atoms with Crippen molar-refractivity contribution in [2.75, 3.05) is 45.8 Å². The van der Waals surface area contributed by atoms with Gasteiger partial charge >= 0.3 is 0 Å². The molecule has 2 saturated heterocycles. The summed E-state index contributed by atoms with van der Waals surface area (Å²) in [5.74, 6) is 0.795. The van der Waals surface area contributed by atoms with Gasteiger partial charge in [-0.1, -0.05) is 38.1 Å². The molecule has 2 aliphatic heterocycles. The van der Waals surface area contributed by atoms with E-state index >= 15 is 0 Å². The van der Waals surface area contributed by atoms with Gasteiger partial charge in [-0.05, 0) is 36.0 Å². The van der Waals surface area contributed by atoms with Crippen molar-refractivity contribution in [3.8, 4) is 0 Å². The quantitative estimate of drug-likeness (QED) is 0.750. The zero-order valence-electron chi connectivity index (χ0n) is 16.6. The predicted octanol–water partition coefficient (Wildman–Crippen LogP) is 2.59. The molecule has 146 valence electrons. The van der Waals surface area contributed by atoms with Gasteiger partial charge in [0, 0.05) is 45.3 Å². The van der Waals surface area contributed by atoms with E-state index in [0.717, 1.165) is 44.6 Å². The Morgan fingerprint density at radius 1 is 0.926 bits per heavy atom. The number of hydrogen-bond acceptors (Lipinski definition) is 3. The van der Waals surface area contributed by atoms with Crippen molar-refractivity contribution in [1.82, 2.24) is 14.7 Å². The van der Waals surface area contributed by atoms with Crippen LogP contribution in [0.1, 0.15) is 43.7 Å². The minimum Gasteiger partial charge on any atom is -0.342 e. The lowest BCUT2D eigenvalue weighted by molar-refractivity contribution is -0.132. The molecule has 3 rings (SSSR count). The molecule has 0 unspecified atom stereocenters. The molecular formula is C22H31N3O2. The molecule has 0 radical (unpaired) electrons. The van der Waals surface area contributed by atoms with Crippen LogP contribution in [0.4, 0.5) is 0 Å². The topological polar surface area (TPSA) is 43.9 Å². The maximum absolute atomic E-state index is 12.4. The highest BCUT2D eigenvalue weighted by Gasteiger charge is 2.24. The van der Waals surface area contributed by atoms with Gasteiger partial charge in [-0.15, -0.1) is 0 Å². The summed E-state index contributed by atoms with van der Waals surface area (Å²) in [5, 5.41) is 0. The number of rotatable bonds is 5. The molecule has 0 aliphatic carbocycles. The predicted molar refractivity (Wildman–Crippen MR) is 108 cm³/mol. The van der Waals surface area contributed by atoms with Crippen molar-refractivity contribution in [2.45, 2.75) is 32.6 Å². The average Bonchev–Trinajstić information content (AvgIpc) is 3.22. The van der Waals surface area contributed by atoms with Gasteiger partial charge in [0.25, 0.3) is 0 Å². The standard InChI is InChI=1S/C22H31N3O2/c1-18(2)20-8-5-19(6-9-20)7-10-21(26)25-15-13-23(14-16-25)17-22(27)24-11-3-4-12-24/h5-10,18H,3-4,11-17H2,1-2H3. The van der Waals surface area contributed by atoms with E-state index < -0.39 is 0 Å². The number of carbonyl (C=O) groups excluding carboxylic acids is 2. The number of hydrogen-bond donors (Lipinski definition) is 0. The number of amides is 2. The molecule has 1 aromatic carbocycles. The number of benzene rings is 1. The molecule has 5 nitrogen and oxygen atoms in total. The Balaban J connectivity index is 1.44. The zero-order valence-corrected chi connectivity index (χ0v) is 16.6. The average molecular weight is 370 g/mol. The molecule has 2 fully saturated rings. The van der Waals surface area contributed by atoms with Crippen molar-refractivity contribution >= 4 is 17.9 Å². The lowest BCUT2D eigenvalue weighted by Crippen LogP contribution is -2.51. The molecule has 5 heteroatoms. The Morgan fingerprint density at radius 2 is 1.56 bits per heavy atom. The fourth-order valence-corrected chi connectivity index (χ4v) is 3.65. The summed E-state index contributed by atoms with van der Waals surface area (Å²) in [4.78, 5) is 30.7. The van der Waals surface area contributed by atoms with Crippen LogP contribution in [0.3, 0.4) is 0 Å². The highest BCUT2D eigenvalue weighted by molar-refractivity contribution is 5.91. The van der Waals surface area contributed by atoms with Crippen LogP contribution in [0.25, 0.3) is 6.08 Å². The summed E-state index contributed by atoms with van der Waals surface area (Å²) < 4.78 is 0. The summed E-state index contributed by atoms with van der Waals surface area (Å²) in [7, 11) is 0. The molecule has 0 bridgehead atoms. The smallest absolute Gasteiger partial charge is 0.246 e. The van der Waals surface area contributed by atoms with Gasteiger partial charge in [-0.3, -0.25) is 14.5 Å². The number of nitrogens with zero attached hydrogens (tertiary/aromatic N) is 3. The lowest BCUT2D eigenvalue weighted by Gasteiger charge is -2.34. The molecule has 0 N–H and O–H groups in total. The second kappa shape index (κ2) is 9.18. The van der Waals surface area contributed by atoms with Crippen LogP contribution in [0.15, 0.2) is 30.3 Å². The van der Waals surface area contributed by atoms with Crippen LogP contribution < -0.4 is 0 Å². The minimum absolute atomic E-state index is 0.0495. The van der Waals surface area contributed by atoms with Crippen LogP contribution in [0, 0.1) is 0 Å². The molecule has 0 aromatic heterocycles. The van der Waals surface area contributed by atoms with Crippen LogP contribution in [0.5, 0.6) is 0 Å². The zero-order chi connectivity index (χ0) is 19.2. The van der Waals surface area contributed by atoms with E-state index in [2.05, 4.69) is 43.0 Å². The Labute approximate surface area is 162 Å². The first kappa shape index (κ1) is 19.6.